The van der Waals surface area contributed by atoms with Gasteiger partial charge in [-0.3, -0.25) is 4.90 Å². The van der Waals surface area contributed by atoms with E-state index in [1.807, 2.05) is 24.5 Å². The van der Waals surface area contributed by atoms with Gasteiger partial charge in [-0.2, -0.15) is 0 Å². The topological polar surface area (TPSA) is 41.1 Å². The predicted octanol–water partition coefficient (Wildman–Crippen LogP) is 2.66. The van der Waals surface area contributed by atoms with Crippen LogP contribution in [0.4, 0.5) is 0 Å². The summed E-state index contributed by atoms with van der Waals surface area (Å²) < 4.78 is 5.63. The number of imidazole rings is 1. The van der Waals surface area contributed by atoms with Crippen LogP contribution in [0.5, 0.6) is 0 Å². The second kappa shape index (κ2) is 5.45. The molecule has 0 aliphatic carbocycles. The molecule has 0 radical (unpaired) electrons. The Kier molecular flexibility index (Phi) is 3.68. The van der Waals surface area contributed by atoms with Gasteiger partial charge in [-0.15, -0.1) is 11.3 Å². The zero-order valence-corrected chi connectivity index (χ0v) is 12.2. The van der Waals surface area contributed by atoms with Crippen molar-refractivity contribution in [2.45, 2.75) is 26.4 Å². The molecule has 4 nitrogen and oxygen atoms in total. The predicted molar refractivity (Wildman–Crippen MR) is 76.4 cm³/mol. The minimum absolute atomic E-state index is 0.240. The smallest absolute Gasteiger partial charge is 0.126 e. The quantitative estimate of drug-likeness (QED) is 0.937. The van der Waals surface area contributed by atoms with Gasteiger partial charge in [-0.25, -0.2) is 4.98 Å². The SMILES string of the molecule is Cc1cnc([C@H]2COCCN2Cc2sccc2C)[nH]1. The Labute approximate surface area is 117 Å². The third-order valence-corrected chi connectivity index (χ3v) is 4.60. The standard InChI is InChI=1S/C14H19N3OS/c1-10-3-6-19-13(10)8-17-4-5-18-9-12(17)14-15-7-11(2)16-14/h3,6-7,12H,4-5,8-9H2,1-2H3,(H,15,16)/t12-/m1/s1. The fourth-order valence-corrected chi connectivity index (χ4v) is 3.36. The lowest BCUT2D eigenvalue weighted by Crippen LogP contribution is -2.39. The van der Waals surface area contributed by atoms with Crippen LogP contribution in [0.2, 0.25) is 0 Å². The molecule has 0 saturated carbocycles. The van der Waals surface area contributed by atoms with Crippen LogP contribution in [-0.4, -0.2) is 34.6 Å². The van der Waals surface area contributed by atoms with Gasteiger partial charge in [-0.1, -0.05) is 0 Å². The second-order valence-electron chi connectivity index (χ2n) is 5.04. The van der Waals surface area contributed by atoms with E-state index in [0.717, 1.165) is 37.8 Å². The summed E-state index contributed by atoms with van der Waals surface area (Å²) in [5, 5.41) is 2.16. The van der Waals surface area contributed by atoms with Gasteiger partial charge >= 0.3 is 0 Å². The highest BCUT2D eigenvalue weighted by molar-refractivity contribution is 7.10. The van der Waals surface area contributed by atoms with Crippen molar-refractivity contribution in [1.82, 2.24) is 14.9 Å². The second-order valence-corrected chi connectivity index (χ2v) is 6.04. The zero-order chi connectivity index (χ0) is 13.2. The summed E-state index contributed by atoms with van der Waals surface area (Å²) in [6, 6.07) is 2.43. The van der Waals surface area contributed by atoms with E-state index in [0.29, 0.717) is 0 Å². The van der Waals surface area contributed by atoms with E-state index >= 15 is 0 Å². The van der Waals surface area contributed by atoms with E-state index in [1.165, 1.54) is 10.4 Å². The van der Waals surface area contributed by atoms with Crippen molar-refractivity contribution in [1.29, 1.82) is 0 Å². The number of hydrogen-bond donors (Lipinski definition) is 1. The Morgan fingerprint density at radius 3 is 3.11 bits per heavy atom. The van der Waals surface area contributed by atoms with Crippen molar-refractivity contribution in [3.05, 3.63) is 39.6 Å². The number of thiophene rings is 1. The third kappa shape index (κ3) is 2.73. The Bertz CT molecular complexity index is 548. The fourth-order valence-electron chi connectivity index (χ4n) is 2.43. The Morgan fingerprint density at radius 2 is 2.42 bits per heavy atom. The molecule has 0 aromatic carbocycles. The largest absolute Gasteiger partial charge is 0.378 e. The van der Waals surface area contributed by atoms with Crippen molar-refractivity contribution >= 4 is 11.3 Å². The van der Waals surface area contributed by atoms with Crippen LogP contribution in [0.1, 0.15) is 28.0 Å². The van der Waals surface area contributed by atoms with Crippen molar-refractivity contribution in [2.24, 2.45) is 0 Å². The molecule has 1 atom stereocenters. The van der Waals surface area contributed by atoms with Gasteiger partial charge in [0.25, 0.3) is 0 Å². The molecule has 1 aliphatic rings. The molecule has 0 unspecified atom stereocenters. The molecule has 1 fully saturated rings. The summed E-state index contributed by atoms with van der Waals surface area (Å²) >= 11 is 1.83. The highest BCUT2D eigenvalue weighted by Gasteiger charge is 2.27. The molecule has 0 spiro atoms. The summed E-state index contributed by atoms with van der Waals surface area (Å²) in [6.45, 7) is 7.68. The number of H-pyrrole nitrogens is 1. The lowest BCUT2D eigenvalue weighted by atomic mass is 10.2. The molecule has 3 rings (SSSR count). The molecule has 1 aliphatic heterocycles. The van der Waals surface area contributed by atoms with E-state index in [4.69, 9.17) is 4.74 Å². The number of aromatic nitrogens is 2. The van der Waals surface area contributed by atoms with Gasteiger partial charge in [0, 0.05) is 29.9 Å². The molecular formula is C14H19N3OS. The van der Waals surface area contributed by atoms with Gasteiger partial charge in [0.05, 0.1) is 19.3 Å². The number of rotatable bonds is 3. The van der Waals surface area contributed by atoms with Gasteiger partial charge in [0.15, 0.2) is 0 Å². The first-order valence-corrected chi connectivity index (χ1v) is 7.48. The Morgan fingerprint density at radius 1 is 1.53 bits per heavy atom. The van der Waals surface area contributed by atoms with E-state index in [2.05, 4.69) is 33.2 Å². The number of aromatic amines is 1. The number of nitrogens with zero attached hydrogens (tertiary/aromatic N) is 2. The number of nitrogens with one attached hydrogen (secondary N) is 1. The highest BCUT2D eigenvalue weighted by Crippen LogP contribution is 2.26. The van der Waals surface area contributed by atoms with Crippen molar-refractivity contribution < 1.29 is 4.74 Å². The minimum Gasteiger partial charge on any atom is -0.378 e. The molecule has 1 saturated heterocycles. The maximum absolute atomic E-state index is 5.63. The number of aryl methyl sites for hydroxylation is 2. The van der Waals surface area contributed by atoms with Crippen molar-refractivity contribution in [3.63, 3.8) is 0 Å². The lowest BCUT2D eigenvalue weighted by molar-refractivity contribution is -0.0152. The van der Waals surface area contributed by atoms with Crippen LogP contribution in [0.3, 0.4) is 0 Å². The van der Waals surface area contributed by atoms with E-state index in [-0.39, 0.29) is 6.04 Å². The average Bonchev–Trinajstić information content (AvgIpc) is 3.00. The van der Waals surface area contributed by atoms with E-state index in [9.17, 15) is 0 Å². The van der Waals surface area contributed by atoms with E-state index < -0.39 is 0 Å². The summed E-state index contributed by atoms with van der Waals surface area (Å²) in [6.07, 6.45) is 1.89. The molecule has 3 heterocycles. The van der Waals surface area contributed by atoms with Crippen LogP contribution >= 0.6 is 11.3 Å². The molecule has 0 bridgehead atoms. The number of morpholine rings is 1. The maximum atomic E-state index is 5.63. The third-order valence-electron chi connectivity index (χ3n) is 3.59. The summed E-state index contributed by atoms with van der Waals surface area (Å²) in [5.41, 5.74) is 2.48. The van der Waals surface area contributed by atoms with Crippen molar-refractivity contribution in [3.8, 4) is 0 Å². The lowest BCUT2D eigenvalue weighted by Gasteiger charge is -2.34. The molecule has 19 heavy (non-hydrogen) atoms. The first-order valence-electron chi connectivity index (χ1n) is 6.60. The Balaban J connectivity index is 1.79. The van der Waals surface area contributed by atoms with Crippen LogP contribution < -0.4 is 0 Å². The van der Waals surface area contributed by atoms with Crippen LogP contribution in [0, 0.1) is 13.8 Å². The highest BCUT2D eigenvalue weighted by atomic mass is 32.1. The van der Waals surface area contributed by atoms with Crippen LogP contribution in [0.25, 0.3) is 0 Å². The fraction of sp³-hybridized carbons (Fsp3) is 0.500. The van der Waals surface area contributed by atoms with Crippen LogP contribution in [-0.2, 0) is 11.3 Å². The molecule has 0 amide bonds. The Hall–Kier alpha value is -1.17. The molecular weight excluding hydrogens is 258 g/mol. The molecule has 1 N–H and O–H groups in total. The summed E-state index contributed by atoms with van der Waals surface area (Å²) in [4.78, 5) is 11.7. The zero-order valence-electron chi connectivity index (χ0n) is 11.3. The van der Waals surface area contributed by atoms with E-state index in [1.54, 1.807) is 0 Å². The van der Waals surface area contributed by atoms with Gasteiger partial charge < -0.3 is 9.72 Å². The summed E-state index contributed by atoms with van der Waals surface area (Å²) in [5.74, 6) is 1.02. The maximum Gasteiger partial charge on any atom is 0.126 e. The number of ether oxygens (including phenoxy) is 1. The van der Waals surface area contributed by atoms with Gasteiger partial charge in [0.2, 0.25) is 0 Å². The molecule has 5 heteroatoms. The minimum atomic E-state index is 0.240. The molecule has 102 valence electrons. The average molecular weight is 277 g/mol. The normalized spacial score (nSPS) is 20.8. The monoisotopic (exact) mass is 277 g/mol. The number of hydrogen-bond acceptors (Lipinski definition) is 4. The van der Waals surface area contributed by atoms with Crippen molar-refractivity contribution in [2.75, 3.05) is 19.8 Å². The van der Waals surface area contributed by atoms with Crippen LogP contribution in [0.15, 0.2) is 17.6 Å². The molecule has 2 aromatic heterocycles. The van der Waals surface area contributed by atoms with Gasteiger partial charge in [0.1, 0.15) is 5.82 Å². The summed E-state index contributed by atoms with van der Waals surface area (Å²) in [7, 11) is 0. The van der Waals surface area contributed by atoms with Gasteiger partial charge in [-0.05, 0) is 30.9 Å². The first-order chi connectivity index (χ1) is 9.24. The molecule has 2 aromatic rings. The first kappa shape index (κ1) is 12.8.